The van der Waals surface area contributed by atoms with Gasteiger partial charge in [0.05, 0.1) is 0 Å². The maximum absolute atomic E-state index is 12.9. The monoisotopic (exact) mass is 464 g/mol. The normalized spacial score (nSPS) is 10.4. The number of rotatable bonds is 9. The number of halogens is 1. The van der Waals surface area contributed by atoms with Gasteiger partial charge in [0.2, 0.25) is 5.91 Å². The van der Waals surface area contributed by atoms with Crippen LogP contribution in [0.2, 0.25) is 0 Å². The van der Waals surface area contributed by atoms with Crippen LogP contribution in [-0.2, 0) is 17.8 Å². The molecule has 30 heavy (non-hydrogen) atoms. The van der Waals surface area contributed by atoms with Crippen LogP contribution in [0.3, 0.4) is 0 Å². The summed E-state index contributed by atoms with van der Waals surface area (Å²) in [5.74, 6) is -0.139. The lowest BCUT2D eigenvalue weighted by Crippen LogP contribution is -2.35. The average Bonchev–Trinajstić information content (AvgIpc) is 2.78. The average molecular weight is 465 g/mol. The minimum absolute atomic E-state index is 0.0332. The Bertz CT molecular complexity index is 944. The van der Waals surface area contributed by atoms with E-state index in [1.165, 1.54) is 5.56 Å². The topological polar surface area (TPSA) is 49.4 Å². The van der Waals surface area contributed by atoms with Crippen molar-refractivity contribution in [2.24, 2.45) is 0 Å². The van der Waals surface area contributed by atoms with Crippen molar-refractivity contribution >= 4 is 27.7 Å². The number of hydrogen-bond acceptors (Lipinski definition) is 2. The zero-order valence-electron chi connectivity index (χ0n) is 16.8. The number of nitrogens with zero attached hydrogens (tertiary/aromatic N) is 1. The third-order valence-corrected chi connectivity index (χ3v) is 5.34. The third kappa shape index (κ3) is 6.85. The van der Waals surface area contributed by atoms with Crippen molar-refractivity contribution in [3.63, 3.8) is 0 Å². The van der Waals surface area contributed by atoms with Gasteiger partial charge in [0.15, 0.2) is 0 Å². The molecule has 0 atom stereocenters. The van der Waals surface area contributed by atoms with Crippen molar-refractivity contribution < 1.29 is 9.59 Å². The largest absolute Gasteiger partial charge is 0.352 e. The van der Waals surface area contributed by atoms with Gasteiger partial charge < -0.3 is 10.2 Å². The van der Waals surface area contributed by atoms with Crippen LogP contribution in [0.5, 0.6) is 0 Å². The molecule has 154 valence electrons. The maximum Gasteiger partial charge on any atom is 0.251 e. The molecule has 0 bridgehead atoms. The summed E-state index contributed by atoms with van der Waals surface area (Å²) in [5, 5.41) is 2.84. The number of carbonyl (C=O) groups is 2. The van der Waals surface area contributed by atoms with E-state index in [0.717, 1.165) is 16.5 Å². The van der Waals surface area contributed by atoms with E-state index in [-0.39, 0.29) is 18.2 Å². The minimum Gasteiger partial charge on any atom is -0.352 e. The van der Waals surface area contributed by atoms with Crippen LogP contribution in [0.4, 0.5) is 0 Å². The van der Waals surface area contributed by atoms with Crippen LogP contribution < -0.4 is 5.32 Å². The number of nitrogens with one attached hydrogen (secondary N) is 1. The van der Waals surface area contributed by atoms with Gasteiger partial charge in [0, 0.05) is 36.1 Å². The lowest BCUT2D eigenvalue weighted by atomic mass is 10.1. The summed E-state index contributed by atoms with van der Waals surface area (Å²) in [4.78, 5) is 27.0. The Morgan fingerprint density at radius 2 is 1.40 bits per heavy atom. The van der Waals surface area contributed by atoms with E-state index in [9.17, 15) is 9.59 Å². The molecular formula is C25H25BrN2O2. The smallest absolute Gasteiger partial charge is 0.251 e. The number of amides is 2. The van der Waals surface area contributed by atoms with E-state index in [0.29, 0.717) is 25.2 Å². The molecule has 0 fully saturated rings. The number of benzene rings is 3. The molecule has 0 aliphatic rings. The molecule has 0 aromatic heterocycles. The Morgan fingerprint density at radius 1 is 0.800 bits per heavy atom. The highest BCUT2D eigenvalue weighted by Gasteiger charge is 2.15. The first-order chi connectivity index (χ1) is 14.6. The Balaban J connectivity index is 1.56. The van der Waals surface area contributed by atoms with Crippen molar-refractivity contribution in [3.8, 4) is 0 Å². The minimum atomic E-state index is -0.172. The van der Waals surface area contributed by atoms with Gasteiger partial charge in [-0.25, -0.2) is 0 Å². The van der Waals surface area contributed by atoms with Gasteiger partial charge in [0.1, 0.15) is 0 Å². The SMILES string of the molecule is O=C(NCCC(=O)N(CCc1ccccc1)Cc1ccccc1)c1ccc(Br)cc1. The van der Waals surface area contributed by atoms with E-state index >= 15 is 0 Å². The van der Waals surface area contributed by atoms with Crippen LogP contribution in [0.25, 0.3) is 0 Å². The standard InChI is InChI=1S/C25H25BrN2O2/c26-23-13-11-22(12-14-23)25(30)27-17-15-24(29)28(19-21-9-5-2-6-10-21)18-16-20-7-3-1-4-8-20/h1-14H,15-19H2,(H,27,30). The molecule has 3 aromatic rings. The van der Waals surface area contributed by atoms with Crippen molar-refractivity contribution in [1.29, 1.82) is 0 Å². The zero-order chi connectivity index (χ0) is 21.2. The van der Waals surface area contributed by atoms with E-state index in [4.69, 9.17) is 0 Å². The Kier molecular flexibility index (Phi) is 8.21. The summed E-state index contributed by atoms with van der Waals surface area (Å²) in [5.41, 5.74) is 2.88. The zero-order valence-corrected chi connectivity index (χ0v) is 18.3. The molecule has 2 amide bonds. The summed E-state index contributed by atoms with van der Waals surface area (Å²) in [7, 11) is 0. The quantitative estimate of drug-likeness (QED) is 0.492. The number of hydrogen-bond donors (Lipinski definition) is 1. The molecular weight excluding hydrogens is 440 g/mol. The highest BCUT2D eigenvalue weighted by Crippen LogP contribution is 2.11. The van der Waals surface area contributed by atoms with Crippen LogP contribution in [0, 0.1) is 0 Å². The summed E-state index contributed by atoms with van der Waals surface area (Å²) in [6.07, 6.45) is 1.06. The lowest BCUT2D eigenvalue weighted by molar-refractivity contribution is -0.131. The molecule has 0 aliphatic carbocycles. The van der Waals surface area contributed by atoms with Gasteiger partial charge >= 0.3 is 0 Å². The van der Waals surface area contributed by atoms with Gasteiger partial charge in [-0.05, 0) is 41.8 Å². The van der Waals surface area contributed by atoms with Crippen LogP contribution in [0.15, 0.2) is 89.4 Å². The summed E-state index contributed by atoms with van der Waals surface area (Å²) in [6, 6.07) is 27.3. The molecule has 0 saturated carbocycles. The summed E-state index contributed by atoms with van der Waals surface area (Å²) >= 11 is 3.36. The Morgan fingerprint density at radius 3 is 2.03 bits per heavy atom. The fourth-order valence-corrected chi connectivity index (χ4v) is 3.41. The van der Waals surface area contributed by atoms with Crippen LogP contribution >= 0.6 is 15.9 Å². The molecule has 0 spiro atoms. The van der Waals surface area contributed by atoms with Gasteiger partial charge in [0.25, 0.3) is 5.91 Å². The fourth-order valence-electron chi connectivity index (χ4n) is 3.15. The molecule has 3 aromatic carbocycles. The molecule has 4 nitrogen and oxygen atoms in total. The van der Waals surface area contributed by atoms with Crippen LogP contribution in [-0.4, -0.2) is 29.8 Å². The maximum atomic E-state index is 12.9. The van der Waals surface area contributed by atoms with Gasteiger partial charge in [-0.1, -0.05) is 76.6 Å². The molecule has 5 heteroatoms. The Hall–Kier alpha value is -2.92. The fraction of sp³-hybridized carbons (Fsp3) is 0.200. The van der Waals surface area contributed by atoms with Crippen LogP contribution in [0.1, 0.15) is 27.9 Å². The van der Waals surface area contributed by atoms with E-state index in [2.05, 4.69) is 33.4 Å². The molecule has 0 saturated heterocycles. The second kappa shape index (κ2) is 11.3. The van der Waals surface area contributed by atoms with E-state index in [1.807, 2.05) is 65.6 Å². The highest BCUT2D eigenvalue weighted by molar-refractivity contribution is 9.10. The van der Waals surface area contributed by atoms with Gasteiger partial charge in [-0.2, -0.15) is 0 Å². The van der Waals surface area contributed by atoms with Crippen molar-refractivity contribution in [1.82, 2.24) is 10.2 Å². The lowest BCUT2D eigenvalue weighted by Gasteiger charge is -2.23. The molecule has 3 rings (SSSR count). The highest BCUT2D eigenvalue weighted by atomic mass is 79.9. The summed E-state index contributed by atoms with van der Waals surface area (Å²) < 4.78 is 0.921. The van der Waals surface area contributed by atoms with Gasteiger partial charge in [-0.3, -0.25) is 9.59 Å². The van der Waals surface area contributed by atoms with Crippen molar-refractivity contribution in [3.05, 3.63) is 106 Å². The predicted octanol–water partition coefficient (Wildman–Crippen LogP) is 4.84. The van der Waals surface area contributed by atoms with E-state index in [1.54, 1.807) is 12.1 Å². The summed E-state index contributed by atoms with van der Waals surface area (Å²) in [6.45, 7) is 1.51. The molecule has 0 unspecified atom stereocenters. The molecule has 0 radical (unpaired) electrons. The van der Waals surface area contributed by atoms with Gasteiger partial charge in [-0.15, -0.1) is 0 Å². The number of carbonyl (C=O) groups excluding carboxylic acids is 2. The second-order valence-corrected chi connectivity index (χ2v) is 7.96. The predicted molar refractivity (Wildman–Crippen MR) is 123 cm³/mol. The first-order valence-electron chi connectivity index (χ1n) is 10.0. The molecule has 0 heterocycles. The molecule has 1 N–H and O–H groups in total. The van der Waals surface area contributed by atoms with Crippen molar-refractivity contribution in [2.75, 3.05) is 13.1 Å². The first kappa shape index (κ1) is 21.8. The van der Waals surface area contributed by atoms with Crippen molar-refractivity contribution in [2.45, 2.75) is 19.4 Å². The Labute approximate surface area is 186 Å². The first-order valence-corrected chi connectivity index (χ1v) is 10.8. The van der Waals surface area contributed by atoms with E-state index < -0.39 is 0 Å². The second-order valence-electron chi connectivity index (χ2n) is 7.05. The third-order valence-electron chi connectivity index (χ3n) is 4.81. The molecule has 0 aliphatic heterocycles.